The number of thiophene rings is 1. The van der Waals surface area contributed by atoms with E-state index in [1.165, 1.54) is 30.6 Å². The van der Waals surface area contributed by atoms with Crippen LogP contribution in [0.3, 0.4) is 0 Å². The minimum absolute atomic E-state index is 0.200. The van der Waals surface area contributed by atoms with E-state index >= 15 is 0 Å². The number of aliphatic hydroxyl groups is 1. The topological polar surface area (TPSA) is 32.3 Å². The van der Waals surface area contributed by atoms with Gasteiger partial charge in [-0.3, -0.25) is 0 Å². The molecule has 2 rings (SSSR count). The Morgan fingerprint density at radius 3 is 2.82 bits per heavy atom. The summed E-state index contributed by atoms with van der Waals surface area (Å²) in [7, 11) is 0. The molecule has 4 heteroatoms. The van der Waals surface area contributed by atoms with Crippen LogP contribution < -0.4 is 5.32 Å². The Kier molecular flexibility index (Phi) is 5.29. The van der Waals surface area contributed by atoms with Crippen LogP contribution >= 0.6 is 22.9 Å². The zero-order valence-corrected chi connectivity index (χ0v) is 11.6. The molecule has 1 unspecified atom stereocenters. The van der Waals surface area contributed by atoms with Crippen molar-refractivity contribution >= 4 is 22.9 Å². The van der Waals surface area contributed by atoms with Gasteiger partial charge in [0.15, 0.2) is 0 Å². The molecule has 0 spiro atoms. The van der Waals surface area contributed by atoms with E-state index in [1.54, 1.807) is 11.3 Å². The zero-order valence-electron chi connectivity index (χ0n) is 9.99. The minimum Gasteiger partial charge on any atom is -0.392 e. The number of aliphatic hydroxyl groups excluding tert-OH is 1. The molecule has 1 atom stereocenters. The third-order valence-corrected chi connectivity index (χ3v) is 4.62. The summed E-state index contributed by atoms with van der Waals surface area (Å²) >= 11 is 7.45. The summed E-state index contributed by atoms with van der Waals surface area (Å²) in [5.41, 5.74) is 0. The number of halogens is 1. The average molecular weight is 274 g/mol. The summed E-state index contributed by atoms with van der Waals surface area (Å²) in [5, 5.41) is 13.2. The molecule has 0 amide bonds. The van der Waals surface area contributed by atoms with Crippen molar-refractivity contribution in [2.24, 2.45) is 5.92 Å². The summed E-state index contributed by atoms with van der Waals surface area (Å²) < 4.78 is 0.827. The predicted octanol–water partition coefficient (Wildman–Crippen LogP) is 3.43. The molecule has 17 heavy (non-hydrogen) atoms. The monoisotopic (exact) mass is 273 g/mol. The van der Waals surface area contributed by atoms with E-state index in [0.717, 1.165) is 23.2 Å². The maximum absolute atomic E-state index is 9.91. The van der Waals surface area contributed by atoms with Crippen molar-refractivity contribution < 1.29 is 5.11 Å². The molecule has 1 aliphatic carbocycles. The van der Waals surface area contributed by atoms with E-state index in [2.05, 4.69) is 5.32 Å². The lowest BCUT2D eigenvalue weighted by atomic mass is 10.0. The number of hydrogen-bond acceptors (Lipinski definition) is 3. The van der Waals surface area contributed by atoms with Gasteiger partial charge in [-0.1, -0.05) is 37.3 Å². The summed E-state index contributed by atoms with van der Waals surface area (Å²) in [5.74, 6) is 0.753. The van der Waals surface area contributed by atoms with Crippen molar-refractivity contribution in [3.63, 3.8) is 0 Å². The Balaban J connectivity index is 1.60. The van der Waals surface area contributed by atoms with E-state index in [4.69, 9.17) is 11.6 Å². The maximum Gasteiger partial charge on any atom is 0.0931 e. The van der Waals surface area contributed by atoms with Gasteiger partial charge in [-0.25, -0.2) is 0 Å². The summed E-state index contributed by atoms with van der Waals surface area (Å²) in [6.07, 6.45) is 6.05. The molecule has 1 saturated carbocycles. The largest absolute Gasteiger partial charge is 0.392 e. The Morgan fingerprint density at radius 2 is 2.18 bits per heavy atom. The number of hydrogen-bond donors (Lipinski definition) is 2. The molecule has 2 nitrogen and oxygen atoms in total. The molecule has 0 saturated heterocycles. The first-order chi connectivity index (χ1) is 8.24. The Morgan fingerprint density at radius 1 is 1.41 bits per heavy atom. The van der Waals surface area contributed by atoms with E-state index in [9.17, 15) is 5.11 Å². The van der Waals surface area contributed by atoms with Crippen LogP contribution in [0.15, 0.2) is 12.1 Å². The van der Waals surface area contributed by atoms with E-state index in [1.807, 2.05) is 12.1 Å². The van der Waals surface area contributed by atoms with Crippen LogP contribution in [0.2, 0.25) is 4.34 Å². The molecule has 1 aromatic rings. The van der Waals surface area contributed by atoms with Crippen LogP contribution in [0.5, 0.6) is 0 Å². The van der Waals surface area contributed by atoms with Gasteiger partial charge in [0.05, 0.1) is 10.4 Å². The predicted molar refractivity (Wildman–Crippen MR) is 73.6 cm³/mol. The maximum atomic E-state index is 9.91. The normalized spacial score (nSPS) is 18.7. The third kappa shape index (κ3) is 4.59. The molecule has 0 aromatic carbocycles. The first kappa shape index (κ1) is 13.3. The Bertz CT molecular complexity index is 336. The van der Waals surface area contributed by atoms with Gasteiger partial charge in [-0.2, -0.15) is 0 Å². The Hall–Kier alpha value is -0.0900. The average Bonchev–Trinajstić information content (AvgIpc) is 2.90. The Labute approximate surface area is 112 Å². The summed E-state index contributed by atoms with van der Waals surface area (Å²) in [6.45, 7) is 1.49. The highest BCUT2D eigenvalue weighted by Crippen LogP contribution is 2.28. The second-order valence-electron chi connectivity index (χ2n) is 4.88. The highest BCUT2D eigenvalue weighted by molar-refractivity contribution is 7.16. The minimum atomic E-state index is -0.200. The van der Waals surface area contributed by atoms with Crippen LogP contribution in [0.1, 0.15) is 37.0 Å². The van der Waals surface area contributed by atoms with E-state index in [-0.39, 0.29) is 6.10 Å². The molecule has 1 aliphatic rings. The fraction of sp³-hybridized carbons (Fsp3) is 0.692. The lowest BCUT2D eigenvalue weighted by molar-refractivity contribution is 0.140. The summed E-state index contributed by atoms with van der Waals surface area (Å²) in [6, 6.07) is 3.95. The molecule has 1 aromatic heterocycles. The highest BCUT2D eigenvalue weighted by Gasteiger charge is 2.18. The first-order valence-electron chi connectivity index (χ1n) is 6.37. The zero-order chi connectivity index (χ0) is 12.1. The van der Waals surface area contributed by atoms with Crippen molar-refractivity contribution in [1.82, 2.24) is 5.32 Å². The fourth-order valence-electron chi connectivity index (χ4n) is 2.52. The molecule has 0 radical (unpaired) electrons. The quantitative estimate of drug-likeness (QED) is 0.832. The molecule has 96 valence electrons. The smallest absolute Gasteiger partial charge is 0.0931 e. The molecule has 0 bridgehead atoms. The van der Waals surface area contributed by atoms with Crippen LogP contribution in [0.25, 0.3) is 0 Å². The van der Waals surface area contributed by atoms with Gasteiger partial charge >= 0.3 is 0 Å². The van der Waals surface area contributed by atoms with Crippen molar-refractivity contribution in [3.8, 4) is 0 Å². The number of nitrogens with one attached hydrogen (secondary N) is 1. The molecular formula is C13H20ClNOS. The van der Waals surface area contributed by atoms with Gasteiger partial charge in [0.1, 0.15) is 0 Å². The number of rotatable bonds is 6. The van der Waals surface area contributed by atoms with Crippen molar-refractivity contribution in [3.05, 3.63) is 21.3 Å². The van der Waals surface area contributed by atoms with Gasteiger partial charge in [-0.05, 0) is 24.5 Å². The van der Waals surface area contributed by atoms with Crippen LogP contribution in [-0.2, 0) is 6.54 Å². The van der Waals surface area contributed by atoms with Gasteiger partial charge in [-0.15, -0.1) is 11.3 Å². The molecular weight excluding hydrogens is 254 g/mol. The fourth-order valence-corrected chi connectivity index (χ4v) is 3.58. The van der Waals surface area contributed by atoms with Crippen molar-refractivity contribution in [2.45, 2.75) is 44.8 Å². The van der Waals surface area contributed by atoms with Crippen LogP contribution in [0, 0.1) is 5.92 Å². The summed E-state index contributed by atoms with van der Waals surface area (Å²) in [4.78, 5) is 1.23. The van der Waals surface area contributed by atoms with Gasteiger partial charge in [0.25, 0.3) is 0 Å². The lowest BCUT2D eigenvalue weighted by Gasteiger charge is -2.15. The standard InChI is InChI=1S/C13H20ClNOS/c14-13-6-5-12(17-13)9-15-8-11(16)7-10-3-1-2-4-10/h5-6,10-11,15-16H,1-4,7-9H2. The second-order valence-corrected chi connectivity index (χ2v) is 6.68. The van der Waals surface area contributed by atoms with Crippen LogP contribution in [0.4, 0.5) is 0 Å². The van der Waals surface area contributed by atoms with Gasteiger partial charge in [0.2, 0.25) is 0 Å². The van der Waals surface area contributed by atoms with Gasteiger partial charge in [0, 0.05) is 18.0 Å². The third-order valence-electron chi connectivity index (χ3n) is 3.39. The van der Waals surface area contributed by atoms with Gasteiger partial charge < -0.3 is 10.4 Å². The lowest BCUT2D eigenvalue weighted by Crippen LogP contribution is -2.27. The molecule has 2 N–H and O–H groups in total. The van der Waals surface area contributed by atoms with E-state index < -0.39 is 0 Å². The van der Waals surface area contributed by atoms with Crippen LogP contribution in [-0.4, -0.2) is 17.8 Å². The molecule has 1 heterocycles. The SMILES string of the molecule is OC(CNCc1ccc(Cl)s1)CC1CCCC1. The second kappa shape index (κ2) is 6.74. The highest BCUT2D eigenvalue weighted by atomic mass is 35.5. The first-order valence-corrected chi connectivity index (χ1v) is 7.56. The van der Waals surface area contributed by atoms with E-state index in [0.29, 0.717) is 6.54 Å². The molecule has 0 aliphatic heterocycles. The van der Waals surface area contributed by atoms with Crippen molar-refractivity contribution in [1.29, 1.82) is 0 Å². The molecule has 1 fully saturated rings. The van der Waals surface area contributed by atoms with Crippen molar-refractivity contribution in [2.75, 3.05) is 6.54 Å².